The molecule has 2 aromatic rings. The molecule has 1 aliphatic rings. The Labute approximate surface area is 170 Å². The molecule has 1 saturated heterocycles. The average Bonchev–Trinajstić information content (AvgIpc) is 2.72. The zero-order valence-electron chi connectivity index (χ0n) is 15.7. The highest BCUT2D eigenvalue weighted by molar-refractivity contribution is 7.89. The summed E-state index contributed by atoms with van der Waals surface area (Å²) >= 11 is 0. The Morgan fingerprint density at radius 1 is 1.17 bits per heavy atom. The average molecular weight is 449 g/mol. The topological polar surface area (TPSA) is 116 Å². The van der Waals surface area contributed by atoms with E-state index in [9.17, 15) is 21.6 Å². The van der Waals surface area contributed by atoms with Crippen molar-refractivity contribution in [2.45, 2.75) is 17.8 Å². The Kier molecular flexibility index (Phi) is 6.58. The van der Waals surface area contributed by atoms with Crippen molar-refractivity contribution in [1.29, 1.82) is 0 Å². The van der Waals surface area contributed by atoms with E-state index >= 15 is 0 Å². The van der Waals surface area contributed by atoms with E-state index < -0.39 is 33.6 Å². The fraction of sp³-hybridized carbons (Fsp3) is 0.438. The summed E-state index contributed by atoms with van der Waals surface area (Å²) in [7, 11) is -3.02. The van der Waals surface area contributed by atoms with Gasteiger partial charge in [-0.05, 0) is 12.1 Å². The second-order valence-corrected chi connectivity index (χ2v) is 7.69. The van der Waals surface area contributed by atoms with Crippen molar-refractivity contribution >= 4 is 16.0 Å². The molecule has 2 heterocycles. The van der Waals surface area contributed by atoms with E-state index in [1.54, 1.807) is 0 Å². The highest BCUT2D eigenvalue weighted by Gasteiger charge is 2.34. The van der Waals surface area contributed by atoms with Crippen LogP contribution in [0.2, 0.25) is 0 Å². The fourth-order valence-corrected chi connectivity index (χ4v) is 3.69. The normalized spacial score (nSPS) is 15.1. The minimum absolute atomic E-state index is 0.0264. The summed E-state index contributed by atoms with van der Waals surface area (Å²) in [6, 6.07) is 4.38. The molecule has 0 amide bonds. The molecule has 1 N–H and O–H groups in total. The molecule has 0 saturated carbocycles. The number of rotatable bonds is 7. The van der Waals surface area contributed by atoms with Gasteiger partial charge in [0, 0.05) is 13.1 Å². The van der Waals surface area contributed by atoms with Gasteiger partial charge in [-0.3, -0.25) is 0 Å². The molecule has 1 fully saturated rings. The van der Waals surface area contributed by atoms with Gasteiger partial charge in [0.05, 0.1) is 26.9 Å². The maximum Gasteiger partial charge on any atom is 0.573 e. The van der Waals surface area contributed by atoms with E-state index in [0.29, 0.717) is 26.3 Å². The molecule has 30 heavy (non-hydrogen) atoms. The summed E-state index contributed by atoms with van der Waals surface area (Å²) in [4.78, 5) is 13.5. The number of ether oxygens (including phenoxy) is 3. The second-order valence-electron chi connectivity index (χ2n) is 5.96. The molecule has 0 spiro atoms. The van der Waals surface area contributed by atoms with Crippen molar-refractivity contribution in [3.05, 3.63) is 30.1 Å². The zero-order valence-corrected chi connectivity index (χ0v) is 16.5. The van der Waals surface area contributed by atoms with E-state index in [2.05, 4.69) is 24.4 Å². The van der Waals surface area contributed by atoms with E-state index in [4.69, 9.17) is 9.47 Å². The molecule has 0 atom stereocenters. The first kappa shape index (κ1) is 22.0. The number of sulfonamides is 1. The van der Waals surface area contributed by atoms with Gasteiger partial charge in [0.25, 0.3) is 0 Å². The fourth-order valence-electron chi connectivity index (χ4n) is 2.58. The Morgan fingerprint density at radius 2 is 1.87 bits per heavy atom. The van der Waals surface area contributed by atoms with Gasteiger partial charge in [0.2, 0.25) is 16.0 Å². The van der Waals surface area contributed by atoms with Crippen LogP contribution in [0, 0.1) is 0 Å². The summed E-state index contributed by atoms with van der Waals surface area (Å²) in [6.45, 7) is 1.61. The van der Waals surface area contributed by atoms with Crippen LogP contribution in [-0.4, -0.2) is 63.1 Å². The molecular weight excluding hydrogens is 431 g/mol. The molecule has 0 radical (unpaired) electrons. The van der Waals surface area contributed by atoms with Crippen LogP contribution >= 0.6 is 0 Å². The van der Waals surface area contributed by atoms with Crippen LogP contribution in [-0.2, 0) is 21.3 Å². The molecule has 0 unspecified atom stereocenters. The lowest BCUT2D eigenvalue weighted by Gasteiger charge is -2.26. The summed E-state index contributed by atoms with van der Waals surface area (Å²) < 4.78 is 79.1. The quantitative estimate of drug-likeness (QED) is 0.663. The lowest BCUT2D eigenvalue weighted by molar-refractivity contribution is -0.275. The minimum Gasteiger partial charge on any atom is -0.467 e. The maximum absolute atomic E-state index is 12.6. The lowest BCUT2D eigenvalue weighted by atomic mass is 10.3. The van der Waals surface area contributed by atoms with Gasteiger partial charge in [-0.2, -0.15) is 15.0 Å². The number of morpholine rings is 1. The molecule has 10 nitrogen and oxygen atoms in total. The second kappa shape index (κ2) is 8.97. The number of methoxy groups -OCH3 is 1. The molecule has 1 aromatic heterocycles. The number of nitrogens with one attached hydrogen (secondary N) is 1. The van der Waals surface area contributed by atoms with Gasteiger partial charge in [0.15, 0.2) is 5.82 Å². The van der Waals surface area contributed by atoms with E-state index in [1.165, 1.54) is 19.2 Å². The largest absolute Gasteiger partial charge is 0.573 e. The lowest BCUT2D eigenvalue weighted by Crippen LogP contribution is -2.37. The van der Waals surface area contributed by atoms with Crippen LogP contribution in [0.5, 0.6) is 11.8 Å². The van der Waals surface area contributed by atoms with Gasteiger partial charge in [0.1, 0.15) is 10.6 Å². The molecule has 1 aliphatic heterocycles. The molecule has 1 aromatic carbocycles. The monoisotopic (exact) mass is 449 g/mol. The van der Waals surface area contributed by atoms with Crippen LogP contribution in [0.25, 0.3) is 0 Å². The smallest absolute Gasteiger partial charge is 0.467 e. The molecule has 164 valence electrons. The number of para-hydroxylation sites is 1. The summed E-state index contributed by atoms with van der Waals surface area (Å²) in [5, 5.41) is 0. The number of hydrogen-bond acceptors (Lipinski definition) is 9. The predicted octanol–water partition coefficient (Wildman–Crippen LogP) is 1.09. The van der Waals surface area contributed by atoms with Crippen molar-refractivity contribution in [3.63, 3.8) is 0 Å². The predicted molar refractivity (Wildman–Crippen MR) is 96.6 cm³/mol. The van der Waals surface area contributed by atoms with Crippen molar-refractivity contribution < 1.29 is 35.8 Å². The number of anilines is 1. The van der Waals surface area contributed by atoms with Gasteiger partial charge in [-0.15, -0.1) is 13.2 Å². The van der Waals surface area contributed by atoms with E-state index in [-0.39, 0.29) is 17.8 Å². The summed E-state index contributed by atoms with van der Waals surface area (Å²) in [5.74, 6) is -0.541. The SMILES string of the molecule is COc1nc(CNS(=O)(=O)c2ccccc2OC(F)(F)F)nc(N2CCOCC2)n1. The zero-order chi connectivity index (χ0) is 21.8. The first-order valence-electron chi connectivity index (χ1n) is 8.64. The standard InChI is InChI=1S/C16H18F3N5O5S/c1-27-15-22-13(21-14(23-15)24-6-8-28-9-7-24)10-20-30(25,26)12-5-3-2-4-11(12)29-16(17,18)19/h2-5,20H,6-10H2,1H3. The van der Waals surface area contributed by atoms with Crippen molar-refractivity contribution in [2.24, 2.45) is 0 Å². The number of halogens is 3. The maximum atomic E-state index is 12.6. The number of nitrogens with zero attached hydrogens (tertiary/aromatic N) is 4. The summed E-state index contributed by atoms with van der Waals surface area (Å²) in [6.07, 6.45) is -5.04. The first-order chi connectivity index (χ1) is 14.2. The summed E-state index contributed by atoms with van der Waals surface area (Å²) in [5.41, 5.74) is 0. The third-order valence-electron chi connectivity index (χ3n) is 3.91. The Bertz CT molecular complexity index is 983. The molecule has 14 heteroatoms. The van der Waals surface area contributed by atoms with Crippen LogP contribution in [0.15, 0.2) is 29.2 Å². The van der Waals surface area contributed by atoms with Crippen molar-refractivity contribution in [1.82, 2.24) is 19.7 Å². The third kappa shape index (κ3) is 5.67. The Balaban J connectivity index is 1.81. The van der Waals surface area contributed by atoms with Crippen molar-refractivity contribution in [2.75, 3.05) is 38.3 Å². The molecule has 0 bridgehead atoms. The molecule has 3 rings (SSSR count). The van der Waals surface area contributed by atoms with Gasteiger partial charge in [-0.1, -0.05) is 12.1 Å². The van der Waals surface area contributed by atoms with Crippen LogP contribution in [0.3, 0.4) is 0 Å². The van der Waals surface area contributed by atoms with E-state index in [1.807, 2.05) is 4.90 Å². The highest BCUT2D eigenvalue weighted by atomic mass is 32.2. The van der Waals surface area contributed by atoms with Crippen LogP contribution < -0.4 is 19.1 Å². The third-order valence-corrected chi connectivity index (χ3v) is 5.35. The molecular formula is C16H18F3N5O5S. The van der Waals surface area contributed by atoms with Gasteiger partial charge in [-0.25, -0.2) is 13.1 Å². The number of hydrogen-bond donors (Lipinski definition) is 1. The van der Waals surface area contributed by atoms with E-state index in [0.717, 1.165) is 12.1 Å². The number of alkyl halides is 3. The number of aromatic nitrogens is 3. The van der Waals surface area contributed by atoms with Crippen LogP contribution in [0.1, 0.15) is 5.82 Å². The minimum atomic E-state index is -5.04. The van der Waals surface area contributed by atoms with Crippen LogP contribution in [0.4, 0.5) is 19.1 Å². The Hall–Kier alpha value is -2.71. The van der Waals surface area contributed by atoms with Crippen molar-refractivity contribution in [3.8, 4) is 11.8 Å². The highest BCUT2D eigenvalue weighted by Crippen LogP contribution is 2.29. The Morgan fingerprint density at radius 3 is 2.53 bits per heavy atom. The van der Waals surface area contributed by atoms with Gasteiger partial charge < -0.3 is 19.1 Å². The molecule has 0 aliphatic carbocycles. The number of benzene rings is 1. The first-order valence-corrected chi connectivity index (χ1v) is 10.1. The van der Waals surface area contributed by atoms with Gasteiger partial charge >= 0.3 is 12.4 Å².